The lowest BCUT2D eigenvalue weighted by atomic mass is 9.96. The van der Waals surface area contributed by atoms with Crippen LogP contribution < -0.4 is 5.32 Å². The Labute approximate surface area is 166 Å². The Morgan fingerprint density at radius 3 is 2.75 bits per heavy atom. The molecule has 3 aliphatic heterocycles. The standard InChI is InChI=1S/C21H30N4O3/c1-2-28-21(27)24-11-7-16(8-12-24)13-23-10-9-18(15-23)25-14-17-5-3-4-6-19(17)22-20(25)26/h3-6,16,18H,2,7-15H2,1H3,(H,22,26)/t18-/m1/s1. The largest absolute Gasteiger partial charge is 0.450 e. The zero-order valence-corrected chi connectivity index (χ0v) is 16.6. The van der Waals surface area contributed by atoms with Crippen LogP contribution in [0.3, 0.4) is 0 Å². The van der Waals surface area contributed by atoms with Gasteiger partial charge in [-0.1, -0.05) is 18.2 Å². The molecule has 1 atom stereocenters. The molecule has 3 aliphatic rings. The number of ether oxygens (including phenoxy) is 1. The van der Waals surface area contributed by atoms with Gasteiger partial charge in [0.1, 0.15) is 0 Å². The van der Waals surface area contributed by atoms with Gasteiger partial charge >= 0.3 is 12.1 Å². The van der Waals surface area contributed by atoms with Crippen LogP contribution >= 0.6 is 0 Å². The summed E-state index contributed by atoms with van der Waals surface area (Å²) < 4.78 is 5.10. The second-order valence-electron chi connectivity index (χ2n) is 8.05. The summed E-state index contributed by atoms with van der Waals surface area (Å²) in [5, 5.41) is 3.03. The van der Waals surface area contributed by atoms with Crippen molar-refractivity contribution in [3.8, 4) is 0 Å². The first kappa shape index (κ1) is 19.1. The van der Waals surface area contributed by atoms with Gasteiger partial charge < -0.3 is 24.8 Å². The fourth-order valence-corrected chi connectivity index (χ4v) is 4.63. The molecule has 0 aromatic heterocycles. The number of anilines is 1. The summed E-state index contributed by atoms with van der Waals surface area (Å²) in [5.74, 6) is 0.611. The summed E-state index contributed by atoms with van der Waals surface area (Å²) in [5.41, 5.74) is 2.12. The fraction of sp³-hybridized carbons (Fsp3) is 0.619. The molecular formula is C21H30N4O3. The predicted molar refractivity (Wildman–Crippen MR) is 107 cm³/mol. The number of urea groups is 1. The van der Waals surface area contributed by atoms with Gasteiger partial charge in [-0.3, -0.25) is 0 Å². The van der Waals surface area contributed by atoms with Crippen molar-refractivity contribution in [2.45, 2.75) is 38.8 Å². The molecular weight excluding hydrogens is 356 g/mol. The highest BCUT2D eigenvalue weighted by molar-refractivity contribution is 5.92. The number of nitrogens with one attached hydrogen (secondary N) is 1. The molecule has 2 fully saturated rings. The van der Waals surface area contributed by atoms with Gasteiger partial charge in [0, 0.05) is 51.0 Å². The predicted octanol–water partition coefficient (Wildman–Crippen LogP) is 2.98. The Morgan fingerprint density at radius 2 is 1.96 bits per heavy atom. The lowest BCUT2D eigenvalue weighted by Crippen LogP contribution is -2.47. The number of benzene rings is 1. The third-order valence-electron chi connectivity index (χ3n) is 6.21. The molecule has 2 saturated heterocycles. The van der Waals surface area contributed by atoms with Crippen molar-refractivity contribution < 1.29 is 14.3 Å². The molecule has 152 valence electrons. The van der Waals surface area contributed by atoms with Crippen molar-refractivity contribution in [2.75, 3.05) is 44.6 Å². The first-order valence-corrected chi connectivity index (χ1v) is 10.4. The summed E-state index contributed by atoms with van der Waals surface area (Å²) in [6, 6.07) is 8.33. The molecule has 28 heavy (non-hydrogen) atoms. The van der Waals surface area contributed by atoms with Crippen LogP contribution in [0.5, 0.6) is 0 Å². The van der Waals surface area contributed by atoms with Crippen molar-refractivity contribution in [2.24, 2.45) is 5.92 Å². The van der Waals surface area contributed by atoms with Crippen molar-refractivity contribution in [3.05, 3.63) is 29.8 Å². The van der Waals surface area contributed by atoms with Crippen LogP contribution in [0, 0.1) is 5.92 Å². The minimum atomic E-state index is -0.182. The van der Waals surface area contributed by atoms with Crippen molar-refractivity contribution in [3.63, 3.8) is 0 Å². The van der Waals surface area contributed by atoms with E-state index in [4.69, 9.17) is 4.74 Å². The third kappa shape index (κ3) is 4.09. The van der Waals surface area contributed by atoms with Crippen molar-refractivity contribution in [1.82, 2.24) is 14.7 Å². The minimum absolute atomic E-state index is 0.0216. The molecule has 0 unspecified atom stereocenters. The SMILES string of the molecule is CCOC(=O)N1CCC(CN2CC[C@@H](N3Cc4ccccc4NC3=O)C2)CC1. The van der Waals surface area contributed by atoms with Gasteiger partial charge in [-0.25, -0.2) is 9.59 Å². The van der Waals surface area contributed by atoms with Crippen molar-refractivity contribution >= 4 is 17.8 Å². The van der Waals surface area contributed by atoms with E-state index in [0.717, 1.165) is 57.7 Å². The molecule has 7 heteroatoms. The molecule has 0 bridgehead atoms. The maximum atomic E-state index is 12.5. The van der Waals surface area contributed by atoms with E-state index in [1.54, 1.807) is 0 Å². The number of hydrogen-bond acceptors (Lipinski definition) is 4. The number of piperidine rings is 1. The quantitative estimate of drug-likeness (QED) is 0.864. The van der Waals surface area contributed by atoms with E-state index in [2.05, 4.69) is 16.3 Å². The van der Waals surface area contributed by atoms with Crippen LogP contribution in [0.25, 0.3) is 0 Å². The zero-order valence-electron chi connectivity index (χ0n) is 16.6. The molecule has 4 rings (SSSR count). The smallest absolute Gasteiger partial charge is 0.409 e. The Hall–Kier alpha value is -2.28. The topological polar surface area (TPSA) is 65.1 Å². The van der Waals surface area contributed by atoms with E-state index in [1.165, 1.54) is 5.56 Å². The van der Waals surface area contributed by atoms with E-state index in [9.17, 15) is 9.59 Å². The highest BCUT2D eigenvalue weighted by Crippen LogP contribution is 2.28. The summed E-state index contributed by atoms with van der Waals surface area (Å²) in [6.45, 7) is 7.57. The van der Waals surface area contributed by atoms with E-state index in [-0.39, 0.29) is 18.2 Å². The van der Waals surface area contributed by atoms with Crippen LogP contribution in [0.1, 0.15) is 31.7 Å². The molecule has 3 amide bonds. The molecule has 7 nitrogen and oxygen atoms in total. The second-order valence-corrected chi connectivity index (χ2v) is 8.05. The summed E-state index contributed by atoms with van der Waals surface area (Å²) >= 11 is 0. The molecule has 3 heterocycles. The van der Waals surface area contributed by atoms with E-state index < -0.39 is 0 Å². The van der Waals surface area contributed by atoms with Gasteiger partial charge in [-0.2, -0.15) is 0 Å². The van der Waals surface area contributed by atoms with Crippen LogP contribution in [-0.4, -0.2) is 72.2 Å². The Bertz CT molecular complexity index is 717. The van der Waals surface area contributed by atoms with Gasteiger partial charge in [-0.05, 0) is 43.7 Å². The van der Waals surface area contributed by atoms with Crippen LogP contribution in [0.4, 0.5) is 15.3 Å². The van der Waals surface area contributed by atoms with E-state index in [0.29, 0.717) is 19.1 Å². The average molecular weight is 386 g/mol. The van der Waals surface area contributed by atoms with Gasteiger partial charge in [0.2, 0.25) is 0 Å². The first-order chi connectivity index (χ1) is 13.6. The Morgan fingerprint density at radius 1 is 1.18 bits per heavy atom. The number of hydrogen-bond donors (Lipinski definition) is 1. The highest BCUT2D eigenvalue weighted by atomic mass is 16.6. The fourth-order valence-electron chi connectivity index (χ4n) is 4.63. The Balaban J connectivity index is 1.26. The molecule has 0 saturated carbocycles. The minimum Gasteiger partial charge on any atom is -0.450 e. The summed E-state index contributed by atoms with van der Waals surface area (Å²) in [6.07, 6.45) is 2.89. The highest BCUT2D eigenvalue weighted by Gasteiger charge is 2.35. The summed E-state index contributed by atoms with van der Waals surface area (Å²) in [4.78, 5) is 30.7. The molecule has 0 radical (unpaired) electrons. The monoisotopic (exact) mass is 386 g/mol. The molecule has 0 spiro atoms. The lowest BCUT2D eigenvalue weighted by Gasteiger charge is -2.35. The number of carbonyl (C=O) groups excluding carboxylic acids is 2. The number of likely N-dealkylation sites (tertiary alicyclic amines) is 2. The number of carbonyl (C=O) groups is 2. The lowest BCUT2D eigenvalue weighted by molar-refractivity contribution is 0.0868. The molecule has 0 aliphatic carbocycles. The number of para-hydroxylation sites is 1. The van der Waals surface area contributed by atoms with Crippen LogP contribution in [0.15, 0.2) is 24.3 Å². The number of nitrogens with zero attached hydrogens (tertiary/aromatic N) is 3. The Kier molecular flexibility index (Phi) is 5.71. The van der Waals surface area contributed by atoms with E-state index in [1.807, 2.05) is 34.9 Å². The van der Waals surface area contributed by atoms with Gasteiger partial charge in [0.15, 0.2) is 0 Å². The molecule has 1 aromatic carbocycles. The van der Waals surface area contributed by atoms with Gasteiger partial charge in [-0.15, -0.1) is 0 Å². The third-order valence-corrected chi connectivity index (χ3v) is 6.21. The van der Waals surface area contributed by atoms with Gasteiger partial charge in [0.05, 0.1) is 6.61 Å². The van der Waals surface area contributed by atoms with Gasteiger partial charge in [0.25, 0.3) is 0 Å². The first-order valence-electron chi connectivity index (χ1n) is 10.4. The van der Waals surface area contributed by atoms with Crippen LogP contribution in [-0.2, 0) is 11.3 Å². The maximum absolute atomic E-state index is 12.5. The zero-order chi connectivity index (χ0) is 19.5. The second kappa shape index (κ2) is 8.39. The molecule has 1 aromatic rings. The van der Waals surface area contributed by atoms with E-state index >= 15 is 0 Å². The number of amides is 3. The number of rotatable bonds is 4. The molecule has 1 N–H and O–H groups in total. The van der Waals surface area contributed by atoms with Crippen LogP contribution in [0.2, 0.25) is 0 Å². The van der Waals surface area contributed by atoms with Crippen molar-refractivity contribution in [1.29, 1.82) is 0 Å². The average Bonchev–Trinajstić information content (AvgIpc) is 3.16. The normalized spacial score (nSPS) is 23.5. The maximum Gasteiger partial charge on any atom is 0.409 e. The summed E-state index contributed by atoms with van der Waals surface area (Å²) in [7, 11) is 0. The number of fused-ring (bicyclic) bond motifs is 1.